The Labute approximate surface area is 189 Å². The smallest absolute Gasteiger partial charge is 0.352 e. The minimum absolute atomic E-state index is 0.0335. The summed E-state index contributed by atoms with van der Waals surface area (Å²) in [6.07, 6.45) is 1.38. The van der Waals surface area contributed by atoms with Crippen LogP contribution in [0.2, 0.25) is 0 Å². The van der Waals surface area contributed by atoms with Gasteiger partial charge in [0.15, 0.2) is 10.8 Å². The lowest BCUT2D eigenvalue weighted by molar-refractivity contribution is -0.161. The summed E-state index contributed by atoms with van der Waals surface area (Å²) in [5.74, 6) is -3.76. The van der Waals surface area contributed by atoms with Gasteiger partial charge in [-0.2, -0.15) is 0 Å². The molecule has 1 unspecified atom stereocenters. The number of aliphatic carboxylic acids is 2. The summed E-state index contributed by atoms with van der Waals surface area (Å²) in [6, 6.07) is -1.03. The fourth-order valence-corrected chi connectivity index (χ4v) is 4.70. The Balaban J connectivity index is 1.84. The number of fused-ring (bicyclic) bond motifs is 1. The van der Waals surface area contributed by atoms with Gasteiger partial charge in [0, 0.05) is 11.1 Å². The molecule has 0 spiro atoms. The lowest BCUT2D eigenvalue weighted by Gasteiger charge is -2.49. The number of thiazole rings is 1. The second-order valence-corrected chi connectivity index (χ2v) is 9.16. The molecule has 1 aromatic rings. The highest BCUT2D eigenvalue weighted by Crippen LogP contribution is 2.40. The van der Waals surface area contributed by atoms with E-state index in [4.69, 9.17) is 10.6 Å². The topological polar surface area (TPSA) is 185 Å². The maximum atomic E-state index is 12.9. The maximum Gasteiger partial charge on any atom is 0.352 e. The van der Waals surface area contributed by atoms with Crippen LogP contribution in [0.5, 0.6) is 0 Å². The Kier molecular flexibility index (Phi) is 6.27. The van der Waals surface area contributed by atoms with Crippen LogP contribution >= 0.6 is 23.1 Å². The number of nitrogen functional groups attached to an aromatic ring is 1. The van der Waals surface area contributed by atoms with Crippen molar-refractivity contribution in [3.63, 3.8) is 0 Å². The normalized spacial score (nSPS) is 20.9. The summed E-state index contributed by atoms with van der Waals surface area (Å²) < 4.78 is 0. The SMILES string of the molecule is C=CC1=C(C(=O)O)N2C(=O)C(NC(=O)/C(=N\OC(C)(C)C(=O)O)c3csc(N)n3)[C@H]2SC1. The molecule has 0 aromatic carbocycles. The Morgan fingerprint density at radius 2 is 2.12 bits per heavy atom. The summed E-state index contributed by atoms with van der Waals surface area (Å²) in [4.78, 5) is 58.6. The zero-order chi connectivity index (χ0) is 23.8. The average Bonchev–Trinajstić information content (AvgIpc) is 3.16. The van der Waals surface area contributed by atoms with E-state index in [-0.39, 0.29) is 22.2 Å². The summed E-state index contributed by atoms with van der Waals surface area (Å²) in [5, 5.41) is 25.8. The number of rotatable bonds is 8. The quantitative estimate of drug-likeness (QED) is 0.228. The van der Waals surface area contributed by atoms with Gasteiger partial charge in [-0.1, -0.05) is 17.8 Å². The van der Waals surface area contributed by atoms with E-state index in [2.05, 4.69) is 22.0 Å². The third-order valence-electron chi connectivity index (χ3n) is 4.59. The number of amides is 2. The number of oxime groups is 1. The molecule has 1 aromatic heterocycles. The number of nitrogens with two attached hydrogens (primary N) is 1. The van der Waals surface area contributed by atoms with Crippen molar-refractivity contribution in [1.29, 1.82) is 0 Å². The van der Waals surface area contributed by atoms with Crippen LogP contribution in [0.1, 0.15) is 19.5 Å². The number of carboxylic acids is 2. The molecule has 3 rings (SSSR count). The van der Waals surface area contributed by atoms with E-state index in [1.165, 1.54) is 37.1 Å². The molecule has 2 aliphatic rings. The lowest BCUT2D eigenvalue weighted by atomic mass is 10.0. The molecule has 12 nitrogen and oxygen atoms in total. The first-order valence-electron chi connectivity index (χ1n) is 9.03. The van der Waals surface area contributed by atoms with Gasteiger partial charge < -0.3 is 26.1 Å². The molecule has 14 heteroatoms. The maximum absolute atomic E-state index is 12.9. The van der Waals surface area contributed by atoms with Crippen LogP contribution in [0.4, 0.5) is 5.13 Å². The Morgan fingerprint density at radius 3 is 2.66 bits per heavy atom. The van der Waals surface area contributed by atoms with Gasteiger partial charge in [0.05, 0.1) is 0 Å². The summed E-state index contributed by atoms with van der Waals surface area (Å²) in [5.41, 5.74) is 3.77. The molecule has 2 atom stereocenters. The molecule has 1 saturated heterocycles. The van der Waals surface area contributed by atoms with Crippen LogP contribution < -0.4 is 11.1 Å². The molecule has 2 amide bonds. The number of hydrogen-bond acceptors (Lipinski definition) is 10. The minimum atomic E-state index is -1.74. The van der Waals surface area contributed by atoms with Gasteiger partial charge in [-0.15, -0.1) is 23.1 Å². The predicted octanol–water partition coefficient (Wildman–Crippen LogP) is 0.234. The second-order valence-electron chi connectivity index (χ2n) is 7.16. The molecule has 1 fully saturated rings. The monoisotopic (exact) mass is 481 g/mol. The van der Waals surface area contributed by atoms with Crippen LogP contribution in [0.25, 0.3) is 0 Å². The van der Waals surface area contributed by atoms with Crippen molar-refractivity contribution in [3.8, 4) is 0 Å². The molecule has 5 N–H and O–H groups in total. The standard InChI is InChI=1S/C18H19N5O7S2/c1-4-7-5-31-14-10(13(25)23(14)11(7)15(26)27)21-12(24)9(8-6-32-17(19)20-8)22-30-18(2,3)16(28)29/h4,6,10,14H,1,5H2,2-3H3,(H2,19,20)(H,21,24)(H,26,27)(H,28,29)/b22-9-/t10?,14-/m1/s1. The second kappa shape index (κ2) is 8.63. The van der Waals surface area contributed by atoms with Gasteiger partial charge in [0.25, 0.3) is 11.8 Å². The highest BCUT2D eigenvalue weighted by molar-refractivity contribution is 8.00. The number of allylic oxidation sites excluding steroid dienone is 1. The van der Waals surface area contributed by atoms with Crippen molar-refractivity contribution < 1.29 is 34.2 Å². The van der Waals surface area contributed by atoms with Crippen molar-refractivity contribution >= 4 is 57.7 Å². The number of anilines is 1. The van der Waals surface area contributed by atoms with Gasteiger partial charge >= 0.3 is 11.9 Å². The van der Waals surface area contributed by atoms with E-state index in [1.807, 2.05) is 0 Å². The van der Waals surface area contributed by atoms with E-state index in [0.717, 1.165) is 16.2 Å². The molecule has 170 valence electrons. The molecular weight excluding hydrogens is 462 g/mol. The molecule has 0 bridgehead atoms. The first-order chi connectivity index (χ1) is 15.0. The lowest BCUT2D eigenvalue weighted by Crippen LogP contribution is -2.71. The van der Waals surface area contributed by atoms with Crippen LogP contribution in [-0.4, -0.2) is 72.3 Å². The Hall–Kier alpha value is -3.39. The van der Waals surface area contributed by atoms with Crippen LogP contribution in [-0.2, 0) is 24.0 Å². The number of aromatic nitrogens is 1. The third kappa shape index (κ3) is 4.18. The number of hydrogen-bond donors (Lipinski definition) is 4. The van der Waals surface area contributed by atoms with E-state index in [1.54, 1.807) is 0 Å². The first-order valence-corrected chi connectivity index (χ1v) is 11.0. The van der Waals surface area contributed by atoms with Gasteiger partial charge in [-0.3, -0.25) is 14.5 Å². The molecular formula is C18H19N5O7S2. The highest BCUT2D eigenvalue weighted by atomic mass is 32.2. The molecule has 32 heavy (non-hydrogen) atoms. The minimum Gasteiger partial charge on any atom is -0.478 e. The van der Waals surface area contributed by atoms with Gasteiger partial charge in [0.2, 0.25) is 5.60 Å². The van der Waals surface area contributed by atoms with Gasteiger partial charge in [-0.05, 0) is 19.4 Å². The summed E-state index contributed by atoms with van der Waals surface area (Å²) in [6.45, 7) is 6.06. The zero-order valence-corrected chi connectivity index (χ0v) is 18.5. The molecule has 0 aliphatic carbocycles. The zero-order valence-electron chi connectivity index (χ0n) is 16.9. The average molecular weight is 482 g/mol. The van der Waals surface area contributed by atoms with Crippen LogP contribution in [0.15, 0.2) is 34.5 Å². The number of nitrogens with zero attached hydrogens (tertiary/aromatic N) is 3. The fraction of sp³-hybridized carbons (Fsp3) is 0.333. The van der Waals surface area contributed by atoms with Crippen LogP contribution in [0, 0.1) is 0 Å². The van der Waals surface area contributed by atoms with Crippen molar-refractivity contribution in [3.05, 3.63) is 35.0 Å². The fourth-order valence-electron chi connectivity index (χ4n) is 2.81. The molecule has 0 saturated carbocycles. The van der Waals surface area contributed by atoms with Crippen molar-refractivity contribution in [2.75, 3.05) is 11.5 Å². The molecule has 2 aliphatic heterocycles. The number of thioether (sulfide) groups is 1. The van der Waals surface area contributed by atoms with Crippen molar-refractivity contribution in [2.45, 2.75) is 30.9 Å². The number of carbonyl (C=O) groups is 4. The molecule has 0 radical (unpaired) electrons. The largest absolute Gasteiger partial charge is 0.478 e. The summed E-state index contributed by atoms with van der Waals surface area (Å²) >= 11 is 2.30. The van der Waals surface area contributed by atoms with Gasteiger partial charge in [0.1, 0.15) is 22.8 Å². The van der Waals surface area contributed by atoms with E-state index < -0.39 is 40.8 Å². The van der Waals surface area contributed by atoms with Crippen molar-refractivity contribution in [1.82, 2.24) is 15.2 Å². The van der Waals surface area contributed by atoms with Crippen LogP contribution in [0.3, 0.4) is 0 Å². The van der Waals surface area contributed by atoms with E-state index in [9.17, 15) is 29.4 Å². The Morgan fingerprint density at radius 1 is 1.44 bits per heavy atom. The van der Waals surface area contributed by atoms with E-state index in [0.29, 0.717) is 11.3 Å². The van der Waals surface area contributed by atoms with Gasteiger partial charge in [-0.25, -0.2) is 14.6 Å². The van der Waals surface area contributed by atoms with E-state index >= 15 is 0 Å². The first kappa shape index (κ1) is 23.3. The third-order valence-corrected chi connectivity index (χ3v) is 6.57. The number of nitrogens with one attached hydrogen (secondary N) is 1. The molecule has 3 heterocycles. The highest BCUT2D eigenvalue weighted by Gasteiger charge is 2.54. The number of carboxylic acid groups (broad SMARTS) is 2. The summed E-state index contributed by atoms with van der Waals surface area (Å²) in [7, 11) is 0. The van der Waals surface area contributed by atoms with Crippen molar-refractivity contribution in [2.24, 2.45) is 5.16 Å². The number of β-lactam (4-membered cyclic amide) rings is 1. The number of carbonyl (C=O) groups excluding carboxylic acids is 2. The predicted molar refractivity (Wildman–Crippen MR) is 116 cm³/mol. The Bertz CT molecular complexity index is 1080.